The van der Waals surface area contributed by atoms with Crippen LogP contribution in [0.15, 0.2) is 104 Å². The molecule has 0 radical (unpaired) electrons. The molecule has 0 aromatic heterocycles. The van der Waals surface area contributed by atoms with Crippen LogP contribution in [-0.4, -0.2) is 29.9 Å². The van der Waals surface area contributed by atoms with Crippen molar-refractivity contribution >= 4 is 27.6 Å². The highest BCUT2D eigenvalue weighted by Crippen LogP contribution is 2.60. The molecule has 0 aliphatic heterocycles. The molecule has 0 heterocycles. The predicted octanol–water partition coefficient (Wildman–Crippen LogP) is 15.9. The minimum Gasteiger partial charge on any atom is -0.508 e. The van der Waals surface area contributed by atoms with Crippen molar-refractivity contribution in [1.82, 2.24) is 0 Å². The average molecular weight is 877 g/mol. The van der Waals surface area contributed by atoms with Gasteiger partial charge in [0, 0.05) is 0 Å². The lowest BCUT2D eigenvalue weighted by Gasteiger charge is -2.33. The highest BCUT2D eigenvalue weighted by atomic mass is 16.7. The van der Waals surface area contributed by atoms with Crippen LogP contribution < -0.4 is 9.47 Å². The van der Waals surface area contributed by atoms with Crippen molar-refractivity contribution < 1.29 is 24.1 Å². The first-order chi connectivity index (χ1) is 31.6. The molecule has 1 N–H and O–H groups in total. The number of rotatable bonds is 13. The Balaban J connectivity index is 0.000000134. The molecule has 6 fully saturated rings. The lowest BCUT2D eigenvalue weighted by atomic mass is 9.80. The van der Waals surface area contributed by atoms with Crippen LogP contribution in [0.5, 0.6) is 17.2 Å². The zero-order valence-corrected chi connectivity index (χ0v) is 40.2. The molecule has 14 unspecified atom stereocenters. The summed E-state index contributed by atoms with van der Waals surface area (Å²) in [4.78, 5) is 0. The van der Waals surface area contributed by atoms with E-state index in [4.69, 9.17) is 24.1 Å². The maximum Gasteiger partial charge on any atom is 0.197 e. The Bertz CT molecular complexity index is 2370. The third-order valence-electron chi connectivity index (χ3n) is 17.2. The van der Waals surface area contributed by atoms with Crippen molar-refractivity contribution in [3.8, 4) is 17.2 Å². The molecule has 5 aromatic carbocycles. The smallest absolute Gasteiger partial charge is 0.197 e. The van der Waals surface area contributed by atoms with Crippen LogP contribution in [-0.2, 0) is 9.47 Å². The molecule has 6 saturated carbocycles. The van der Waals surface area contributed by atoms with E-state index < -0.39 is 0 Å². The second kappa shape index (κ2) is 20.3. The van der Waals surface area contributed by atoms with Crippen molar-refractivity contribution in [1.29, 1.82) is 0 Å². The van der Waals surface area contributed by atoms with Crippen LogP contribution >= 0.6 is 0 Å². The van der Waals surface area contributed by atoms with E-state index in [0.29, 0.717) is 29.8 Å². The van der Waals surface area contributed by atoms with Crippen LogP contribution in [0.3, 0.4) is 0 Å². The summed E-state index contributed by atoms with van der Waals surface area (Å²) in [6.07, 6.45) is 18.6. The van der Waals surface area contributed by atoms with E-state index in [1.165, 1.54) is 103 Å². The fourth-order valence-corrected chi connectivity index (χ4v) is 13.6. The molecule has 0 saturated heterocycles. The highest BCUT2D eigenvalue weighted by molar-refractivity contribution is 5.86. The van der Waals surface area contributed by atoms with E-state index in [0.717, 1.165) is 70.8 Å². The summed E-state index contributed by atoms with van der Waals surface area (Å²) in [5, 5.41) is 13.9. The molecule has 346 valence electrons. The summed E-state index contributed by atoms with van der Waals surface area (Å²) in [6, 6.07) is 33.3. The Morgan fingerprint density at radius 1 is 0.523 bits per heavy atom. The number of aromatic hydroxyl groups is 1. The van der Waals surface area contributed by atoms with Crippen molar-refractivity contribution in [3.05, 3.63) is 120 Å². The molecule has 65 heavy (non-hydrogen) atoms. The standard InChI is InChI=1S/C26H34O2.C24H28O2.C10H14O/c1-4-16(2)18-8-9-20-13-22(11-10-19(20)12-18)27-17(3)28-26-15-21-14-25(26)24-7-5-6-23(21)24;1-3-16-7-8-18-12-20(10-9-17(18)11-16)25-15(2)26-24-14-19-13-23(24)22-6-4-5-21(19)22;1-3-8(2)9-4-6-10(11)7-5-9/h8-13,16-17,21,23-26H,4-7,14-15H2,1-3H3;3,7-12,15,19,21-24H,1,4-6,13-14H2,2H3;4-8,11H,3H2,1-2H3. The number of benzene rings is 5. The topological polar surface area (TPSA) is 57.2 Å². The van der Waals surface area contributed by atoms with Gasteiger partial charge in [-0.05, 0) is 218 Å². The van der Waals surface area contributed by atoms with Gasteiger partial charge in [0.1, 0.15) is 17.2 Å². The summed E-state index contributed by atoms with van der Waals surface area (Å²) in [5.74, 6) is 10.7. The first kappa shape index (κ1) is 45.8. The summed E-state index contributed by atoms with van der Waals surface area (Å²) in [6.45, 7) is 16.8. The monoisotopic (exact) mass is 877 g/mol. The molecule has 5 heteroatoms. The Morgan fingerprint density at radius 3 is 1.49 bits per heavy atom. The lowest BCUT2D eigenvalue weighted by molar-refractivity contribution is -0.132. The normalized spacial score (nSPS) is 29.8. The molecule has 11 rings (SSSR count). The van der Waals surface area contributed by atoms with Gasteiger partial charge in [-0.25, -0.2) is 0 Å². The van der Waals surface area contributed by atoms with Gasteiger partial charge in [0.2, 0.25) is 0 Å². The van der Waals surface area contributed by atoms with Gasteiger partial charge in [0.05, 0.1) is 12.2 Å². The summed E-state index contributed by atoms with van der Waals surface area (Å²) < 4.78 is 25.1. The fourth-order valence-electron chi connectivity index (χ4n) is 13.6. The SMILES string of the molecule is C=Cc1ccc2cc(OC(C)OC3CC4CC3C3CCCC43)ccc2c1.CCC(C)c1ccc(O)cc1.CCC(C)c1ccc2cc(OC(C)OC3CC4CC3C3CCCC43)ccc2c1. The van der Waals surface area contributed by atoms with Crippen molar-refractivity contribution in [2.75, 3.05) is 0 Å². The molecular weight excluding hydrogens is 801 g/mol. The highest BCUT2D eigenvalue weighted by Gasteiger charge is 2.55. The molecule has 4 bridgehead atoms. The van der Waals surface area contributed by atoms with Gasteiger partial charge < -0.3 is 24.1 Å². The van der Waals surface area contributed by atoms with E-state index in [1.807, 2.05) is 31.2 Å². The van der Waals surface area contributed by atoms with E-state index in [2.05, 4.69) is 108 Å². The largest absolute Gasteiger partial charge is 0.508 e. The Labute approximate surface area is 390 Å². The van der Waals surface area contributed by atoms with Crippen LogP contribution in [0.25, 0.3) is 27.6 Å². The molecule has 6 aliphatic rings. The van der Waals surface area contributed by atoms with E-state index in [-0.39, 0.29) is 12.6 Å². The van der Waals surface area contributed by atoms with Crippen LogP contribution in [0.1, 0.15) is 147 Å². The van der Waals surface area contributed by atoms with Gasteiger partial charge in [0.15, 0.2) is 12.6 Å². The first-order valence-electron chi connectivity index (χ1n) is 25.7. The van der Waals surface area contributed by atoms with E-state index >= 15 is 0 Å². The molecule has 0 amide bonds. The van der Waals surface area contributed by atoms with Crippen LogP contribution in [0, 0.1) is 47.3 Å². The zero-order valence-electron chi connectivity index (χ0n) is 40.2. The quantitative estimate of drug-likeness (QED) is 0.119. The second-order valence-corrected chi connectivity index (χ2v) is 21.0. The van der Waals surface area contributed by atoms with Gasteiger partial charge in [-0.15, -0.1) is 0 Å². The Kier molecular flexibility index (Phi) is 14.3. The maximum atomic E-state index is 9.01. The summed E-state index contributed by atoms with van der Waals surface area (Å²) >= 11 is 0. The Hall–Kier alpha value is -4.32. The lowest BCUT2D eigenvalue weighted by Crippen LogP contribution is -2.34. The average Bonchev–Trinajstić information content (AvgIpc) is 4.19. The molecule has 0 spiro atoms. The minimum absolute atomic E-state index is 0.180. The van der Waals surface area contributed by atoms with Crippen LogP contribution in [0.2, 0.25) is 0 Å². The third kappa shape index (κ3) is 10.2. The molecule has 14 atom stereocenters. The first-order valence-corrected chi connectivity index (χ1v) is 25.7. The number of phenols is 1. The van der Waals surface area contributed by atoms with Gasteiger partial charge >= 0.3 is 0 Å². The fraction of sp³-hybridized carbons (Fsp3) is 0.533. The molecule has 6 aliphatic carbocycles. The molecular formula is C60H76O5. The zero-order chi connectivity index (χ0) is 45.2. The molecule has 5 aromatic rings. The van der Waals surface area contributed by atoms with Crippen LogP contribution in [0.4, 0.5) is 0 Å². The van der Waals surface area contributed by atoms with Crippen molar-refractivity contribution in [3.63, 3.8) is 0 Å². The predicted molar refractivity (Wildman–Crippen MR) is 268 cm³/mol. The van der Waals surface area contributed by atoms with Crippen molar-refractivity contribution in [2.24, 2.45) is 47.3 Å². The summed E-state index contributed by atoms with van der Waals surface area (Å²) in [5.41, 5.74) is 3.86. The minimum atomic E-state index is -0.191. The molecule has 5 nitrogen and oxygen atoms in total. The number of hydrogen-bond donors (Lipinski definition) is 1. The van der Waals surface area contributed by atoms with Gasteiger partial charge in [0.25, 0.3) is 0 Å². The van der Waals surface area contributed by atoms with E-state index in [1.54, 1.807) is 12.1 Å². The summed E-state index contributed by atoms with van der Waals surface area (Å²) in [7, 11) is 0. The number of ether oxygens (including phenoxy) is 4. The maximum absolute atomic E-state index is 9.01. The number of fused-ring (bicyclic) bond motifs is 12. The Morgan fingerprint density at radius 2 is 0.969 bits per heavy atom. The van der Waals surface area contributed by atoms with Crippen molar-refractivity contribution in [2.45, 2.75) is 155 Å². The third-order valence-corrected chi connectivity index (χ3v) is 17.2. The number of phenolic OH excluding ortho intramolecular Hbond substituents is 1. The van der Waals surface area contributed by atoms with E-state index in [9.17, 15) is 0 Å². The van der Waals surface area contributed by atoms with Gasteiger partial charge in [-0.3, -0.25) is 0 Å². The second-order valence-electron chi connectivity index (χ2n) is 21.0. The van der Waals surface area contributed by atoms with Gasteiger partial charge in [-0.2, -0.15) is 0 Å². The number of hydrogen-bond acceptors (Lipinski definition) is 5. The van der Waals surface area contributed by atoms with Gasteiger partial charge in [-0.1, -0.05) is 108 Å².